The molecule has 8 nitrogen and oxygen atoms in total. The van der Waals surface area contributed by atoms with Gasteiger partial charge in [-0.25, -0.2) is 15.0 Å². The minimum Gasteiger partial charge on any atom is -0.353 e. The normalized spacial score (nSPS) is 14.2. The summed E-state index contributed by atoms with van der Waals surface area (Å²) in [6.07, 6.45) is 4.80. The number of pyridine rings is 1. The van der Waals surface area contributed by atoms with Crippen LogP contribution < -0.4 is 15.4 Å². The van der Waals surface area contributed by atoms with Gasteiger partial charge in [0.2, 0.25) is 0 Å². The van der Waals surface area contributed by atoms with Crippen LogP contribution >= 0.6 is 0 Å². The van der Waals surface area contributed by atoms with Crippen LogP contribution in [0.15, 0.2) is 47.7 Å². The molecule has 0 amide bonds. The minimum atomic E-state index is -0.107. The number of likely N-dealkylation sites (N-methyl/N-ethyl adjacent to an activating group) is 1. The van der Waals surface area contributed by atoms with Crippen LogP contribution in [0.3, 0.4) is 0 Å². The van der Waals surface area contributed by atoms with Gasteiger partial charge in [-0.15, -0.1) is 0 Å². The van der Waals surface area contributed by atoms with Gasteiger partial charge in [0, 0.05) is 44.8 Å². The van der Waals surface area contributed by atoms with Crippen LogP contribution in [0.4, 0.5) is 11.6 Å². The van der Waals surface area contributed by atoms with E-state index in [0.717, 1.165) is 0 Å². The Morgan fingerprint density at radius 2 is 2.08 bits per heavy atom. The first-order valence-electron chi connectivity index (χ1n) is 7.84. The Labute approximate surface area is 143 Å². The summed E-state index contributed by atoms with van der Waals surface area (Å²) in [6.45, 7) is 1.39. The van der Waals surface area contributed by atoms with Gasteiger partial charge in [-0.3, -0.25) is 9.20 Å². The summed E-state index contributed by atoms with van der Waals surface area (Å²) in [5.74, 6) is 1.24. The molecule has 8 heteroatoms. The van der Waals surface area contributed by atoms with E-state index >= 15 is 0 Å². The number of hydrogen-bond donors (Lipinski definition) is 0. The highest BCUT2D eigenvalue weighted by Crippen LogP contribution is 2.25. The number of rotatable bonds is 3. The van der Waals surface area contributed by atoms with Crippen molar-refractivity contribution in [2.24, 2.45) is 0 Å². The van der Waals surface area contributed by atoms with Gasteiger partial charge < -0.3 is 9.80 Å². The van der Waals surface area contributed by atoms with Crippen molar-refractivity contribution < 1.29 is 0 Å². The molecule has 0 N–H and O–H groups in total. The molecule has 0 radical (unpaired) electrons. The molecule has 0 aromatic carbocycles. The molecule has 25 heavy (non-hydrogen) atoms. The first-order valence-corrected chi connectivity index (χ1v) is 7.84. The first kappa shape index (κ1) is 15.1. The Bertz CT molecular complexity index is 1030. The largest absolute Gasteiger partial charge is 0.353 e. The van der Waals surface area contributed by atoms with E-state index in [0.29, 0.717) is 36.1 Å². The van der Waals surface area contributed by atoms with E-state index in [1.807, 2.05) is 29.0 Å². The van der Waals surface area contributed by atoms with Crippen molar-refractivity contribution in [1.82, 2.24) is 19.4 Å². The summed E-state index contributed by atoms with van der Waals surface area (Å²) in [7, 11) is 1.92. The summed E-state index contributed by atoms with van der Waals surface area (Å²) in [6, 6.07) is 9.26. The molecule has 0 unspecified atom stereocenters. The summed E-state index contributed by atoms with van der Waals surface area (Å²) < 4.78 is 1.52. The molecule has 1 aliphatic heterocycles. The molecule has 3 aromatic rings. The number of nitrogens with zero attached hydrogens (tertiary/aromatic N) is 7. The predicted molar refractivity (Wildman–Crippen MR) is 92.6 cm³/mol. The van der Waals surface area contributed by atoms with Crippen LogP contribution in [0, 0.1) is 11.3 Å². The Morgan fingerprint density at radius 3 is 2.88 bits per heavy atom. The van der Waals surface area contributed by atoms with Gasteiger partial charge in [-0.2, -0.15) is 5.26 Å². The lowest BCUT2D eigenvalue weighted by Gasteiger charge is -2.45. The number of anilines is 2. The van der Waals surface area contributed by atoms with Crippen LogP contribution in [-0.2, 0) is 0 Å². The first-order chi connectivity index (χ1) is 12.2. The zero-order chi connectivity index (χ0) is 17.4. The molecule has 0 bridgehead atoms. The lowest BCUT2D eigenvalue weighted by Crippen LogP contribution is -2.59. The second-order valence-corrected chi connectivity index (χ2v) is 5.89. The molecular weight excluding hydrogens is 318 g/mol. The van der Waals surface area contributed by atoms with Crippen LogP contribution in [0.2, 0.25) is 0 Å². The highest BCUT2D eigenvalue weighted by molar-refractivity contribution is 5.55. The number of fused-ring (bicyclic) bond motifs is 1. The Kier molecular flexibility index (Phi) is 3.54. The summed E-state index contributed by atoms with van der Waals surface area (Å²) in [5, 5.41) is 9.13. The maximum atomic E-state index is 12.2. The standard InChI is InChI=1S/C17H15N7O/c1-22(15-8-16(25)24-7-3-2-4-14(24)21-15)12-10-23(11-12)17-13(9-18)19-5-6-20-17/h2-8,12H,10-11H2,1H3. The molecule has 4 rings (SSSR count). The third-order valence-corrected chi connectivity index (χ3v) is 4.41. The molecule has 124 valence electrons. The summed E-state index contributed by atoms with van der Waals surface area (Å²) in [5.41, 5.74) is 0.837. The molecule has 0 atom stereocenters. The molecule has 0 saturated carbocycles. The van der Waals surface area contributed by atoms with Crippen molar-refractivity contribution in [2.45, 2.75) is 6.04 Å². The number of hydrogen-bond acceptors (Lipinski definition) is 7. The fourth-order valence-electron chi connectivity index (χ4n) is 2.92. The Balaban J connectivity index is 1.55. The highest BCUT2D eigenvalue weighted by atomic mass is 16.1. The van der Waals surface area contributed by atoms with Crippen molar-refractivity contribution >= 4 is 17.3 Å². The SMILES string of the molecule is CN(c1cc(=O)n2ccccc2n1)C1CN(c2nccnc2C#N)C1. The minimum absolute atomic E-state index is 0.107. The zero-order valence-electron chi connectivity index (χ0n) is 13.6. The Hall–Kier alpha value is -3.47. The van der Waals surface area contributed by atoms with E-state index in [1.54, 1.807) is 24.5 Å². The van der Waals surface area contributed by atoms with Gasteiger partial charge in [0.15, 0.2) is 11.5 Å². The summed E-state index contributed by atoms with van der Waals surface area (Å²) >= 11 is 0. The molecule has 0 spiro atoms. The van der Waals surface area contributed by atoms with Gasteiger partial charge in [-0.1, -0.05) is 6.07 Å². The molecule has 3 aromatic heterocycles. The molecule has 4 heterocycles. The predicted octanol–water partition coefficient (Wildman–Crippen LogP) is 0.681. The van der Waals surface area contributed by atoms with Crippen molar-refractivity contribution in [1.29, 1.82) is 5.26 Å². The number of aromatic nitrogens is 4. The average molecular weight is 333 g/mol. The molecule has 1 saturated heterocycles. The van der Waals surface area contributed by atoms with E-state index in [2.05, 4.69) is 21.0 Å². The molecular formula is C17H15N7O. The van der Waals surface area contributed by atoms with Gasteiger partial charge in [0.1, 0.15) is 17.5 Å². The second kappa shape index (κ2) is 5.87. The lowest BCUT2D eigenvalue weighted by molar-refractivity contribution is 0.488. The number of nitriles is 1. The van der Waals surface area contributed by atoms with Crippen LogP contribution in [-0.4, -0.2) is 45.5 Å². The summed E-state index contributed by atoms with van der Waals surface area (Å²) in [4.78, 5) is 29.1. The smallest absolute Gasteiger partial charge is 0.259 e. The van der Waals surface area contributed by atoms with E-state index in [4.69, 9.17) is 5.26 Å². The van der Waals surface area contributed by atoms with Gasteiger partial charge in [0.25, 0.3) is 5.56 Å². The second-order valence-electron chi connectivity index (χ2n) is 5.89. The third kappa shape index (κ3) is 2.55. The molecule has 0 aliphatic carbocycles. The quantitative estimate of drug-likeness (QED) is 0.696. The maximum absolute atomic E-state index is 12.2. The fourth-order valence-corrected chi connectivity index (χ4v) is 2.92. The van der Waals surface area contributed by atoms with Crippen molar-refractivity contribution in [3.05, 3.63) is 58.9 Å². The Morgan fingerprint density at radius 1 is 1.28 bits per heavy atom. The third-order valence-electron chi connectivity index (χ3n) is 4.41. The zero-order valence-corrected chi connectivity index (χ0v) is 13.6. The van der Waals surface area contributed by atoms with E-state index in [9.17, 15) is 4.79 Å². The van der Waals surface area contributed by atoms with Gasteiger partial charge in [-0.05, 0) is 12.1 Å². The van der Waals surface area contributed by atoms with Crippen molar-refractivity contribution in [3.8, 4) is 6.07 Å². The van der Waals surface area contributed by atoms with Crippen LogP contribution in [0.25, 0.3) is 5.65 Å². The van der Waals surface area contributed by atoms with E-state index in [1.165, 1.54) is 10.6 Å². The van der Waals surface area contributed by atoms with Crippen molar-refractivity contribution in [2.75, 3.05) is 29.9 Å². The van der Waals surface area contributed by atoms with E-state index < -0.39 is 0 Å². The lowest BCUT2D eigenvalue weighted by atomic mass is 10.1. The van der Waals surface area contributed by atoms with Crippen LogP contribution in [0.1, 0.15) is 5.69 Å². The molecule has 1 aliphatic rings. The fraction of sp³-hybridized carbons (Fsp3) is 0.235. The monoisotopic (exact) mass is 333 g/mol. The highest BCUT2D eigenvalue weighted by Gasteiger charge is 2.33. The topological polar surface area (TPSA) is 90.4 Å². The van der Waals surface area contributed by atoms with Crippen molar-refractivity contribution in [3.63, 3.8) is 0 Å². The average Bonchev–Trinajstić information content (AvgIpc) is 2.60. The van der Waals surface area contributed by atoms with Gasteiger partial charge >= 0.3 is 0 Å². The maximum Gasteiger partial charge on any atom is 0.259 e. The van der Waals surface area contributed by atoms with E-state index in [-0.39, 0.29) is 11.6 Å². The van der Waals surface area contributed by atoms with Crippen LogP contribution in [0.5, 0.6) is 0 Å². The van der Waals surface area contributed by atoms with Gasteiger partial charge in [0.05, 0.1) is 6.04 Å². The molecule has 1 fully saturated rings.